The van der Waals surface area contributed by atoms with Gasteiger partial charge in [0.2, 0.25) is 0 Å². The summed E-state index contributed by atoms with van der Waals surface area (Å²) in [5.74, 6) is 0.00429. The van der Waals surface area contributed by atoms with E-state index in [1.165, 1.54) is 0 Å². The topological polar surface area (TPSA) is 52.9 Å². The molecule has 1 aliphatic carbocycles. The summed E-state index contributed by atoms with van der Waals surface area (Å²) >= 11 is 9.23. The van der Waals surface area contributed by atoms with Crippen molar-refractivity contribution in [2.75, 3.05) is 0 Å². The summed E-state index contributed by atoms with van der Waals surface area (Å²) in [5.41, 5.74) is 0.391. The molecule has 0 aliphatic heterocycles. The monoisotopic (exact) mass is 312 g/mol. The number of rotatable bonds is 3. The molecule has 2 rings (SSSR count). The first-order valence-electron chi connectivity index (χ1n) is 5.27. The van der Waals surface area contributed by atoms with Crippen LogP contribution in [0.3, 0.4) is 0 Å². The van der Waals surface area contributed by atoms with E-state index in [9.17, 15) is 4.79 Å². The zero-order valence-corrected chi connectivity index (χ0v) is 11.3. The molecule has 1 aromatic rings. The molecule has 1 fully saturated rings. The van der Waals surface area contributed by atoms with Crippen LogP contribution in [0.1, 0.15) is 23.2 Å². The van der Waals surface area contributed by atoms with Crippen LogP contribution >= 0.6 is 27.5 Å². The van der Waals surface area contributed by atoms with Gasteiger partial charge < -0.3 is 5.32 Å². The minimum atomic E-state index is -0.405. The second kappa shape index (κ2) is 5.07. The van der Waals surface area contributed by atoms with E-state index in [-0.39, 0.29) is 5.91 Å². The largest absolute Gasteiger partial charge is 0.336 e. The fourth-order valence-electron chi connectivity index (χ4n) is 1.58. The molecule has 1 aliphatic rings. The summed E-state index contributed by atoms with van der Waals surface area (Å²) < 4.78 is 0.784. The lowest BCUT2D eigenvalue weighted by Gasteiger charge is -2.11. The zero-order valence-electron chi connectivity index (χ0n) is 8.91. The van der Waals surface area contributed by atoms with Gasteiger partial charge in [-0.2, -0.15) is 5.26 Å². The average Bonchev–Trinajstić information content (AvgIpc) is 3.13. The van der Waals surface area contributed by atoms with Crippen LogP contribution in [0.2, 0.25) is 5.02 Å². The summed E-state index contributed by atoms with van der Waals surface area (Å²) in [6.45, 7) is 0. The third-order valence-corrected chi connectivity index (χ3v) is 3.51. The van der Waals surface area contributed by atoms with Crippen LogP contribution in [0.15, 0.2) is 22.7 Å². The van der Waals surface area contributed by atoms with Crippen molar-refractivity contribution in [3.8, 4) is 6.07 Å². The van der Waals surface area contributed by atoms with Crippen molar-refractivity contribution in [1.82, 2.24) is 5.32 Å². The van der Waals surface area contributed by atoms with Gasteiger partial charge in [0.15, 0.2) is 0 Å². The highest BCUT2D eigenvalue weighted by molar-refractivity contribution is 9.10. The molecule has 1 unspecified atom stereocenters. The molecule has 1 amide bonds. The zero-order chi connectivity index (χ0) is 12.4. The van der Waals surface area contributed by atoms with E-state index in [2.05, 4.69) is 27.3 Å². The molecule has 88 valence electrons. The molecule has 0 bridgehead atoms. The lowest BCUT2D eigenvalue weighted by molar-refractivity contribution is 0.0942. The molecule has 1 aromatic carbocycles. The van der Waals surface area contributed by atoms with Gasteiger partial charge in [0.05, 0.1) is 16.7 Å². The molecule has 1 atom stereocenters. The Bertz CT molecular complexity index is 494. The lowest BCUT2D eigenvalue weighted by atomic mass is 10.1. The maximum absolute atomic E-state index is 12.0. The van der Waals surface area contributed by atoms with Crippen LogP contribution in [0.25, 0.3) is 0 Å². The Labute approximate surface area is 113 Å². The summed E-state index contributed by atoms with van der Waals surface area (Å²) in [6.07, 6.45) is 2.01. The summed E-state index contributed by atoms with van der Waals surface area (Å²) in [6, 6.07) is 6.78. The first-order valence-corrected chi connectivity index (χ1v) is 6.44. The van der Waals surface area contributed by atoms with E-state index in [0.717, 1.165) is 17.3 Å². The van der Waals surface area contributed by atoms with Crippen molar-refractivity contribution >= 4 is 33.4 Å². The average molecular weight is 314 g/mol. The van der Waals surface area contributed by atoms with Gasteiger partial charge in [0.1, 0.15) is 6.04 Å². The molecule has 3 nitrogen and oxygen atoms in total. The van der Waals surface area contributed by atoms with Gasteiger partial charge in [-0.1, -0.05) is 27.5 Å². The molecular weight excluding hydrogens is 304 g/mol. The summed E-state index contributed by atoms with van der Waals surface area (Å²) in [4.78, 5) is 12.0. The van der Waals surface area contributed by atoms with Crippen molar-refractivity contribution < 1.29 is 4.79 Å². The maximum atomic E-state index is 12.0. The van der Waals surface area contributed by atoms with E-state index in [0.29, 0.717) is 16.5 Å². The number of halogens is 2. The molecule has 5 heteroatoms. The first kappa shape index (κ1) is 12.4. The van der Waals surface area contributed by atoms with Crippen LogP contribution in [-0.2, 0) is 0 Å². The van der Waals surface area contributed by atoms with E-state index in [4.69, 9.17) is 16.9 Å². The standard InChI is InChI=1S/C12H10BrClN2O/c13-8-3-4-10(14)9(5-8)12(17)16-11(6-15)7-1-2-7/h3-5,7,11H,1-2H2,(H,16,17). The minimum Gasteiger partial charge on any atom is -0.336 e. The molecule has 1 saturated carbocycles. The van der Waals surface area contributed by atoms with Gasteiger partial charge in [-0.05, 0) is 37.0 Å². The maximum Gasteiger partial charge on any atom is 0.253 e. The fraction of sp³-hybridized carbons (Fsp3) is 0.333. The molecule has 0 radical (unpaired) electrons. The van der Waals surface area contributed by atoms with Gasteiger partial charge in [0.25, 0.3) is 5.91 Å². The van der Waals surface area contributed by atoms with Gasteiger partial charge >= 0.3 is 0 Å². The SMILES string of the molecule is N#CC(NC(=O)c1cc(Br)ccc1Cl)C1CC1. The Hall–Kier alpha value is -1.05. The lowest BCUT2D eigenvalue weighted by Crippen LogP contribution is -2.35. The Morgan fingerprint density at radius 2 is 2.29 bits per heavy atom. The fourth-order valence-corrected chi connectivity index (χ4v) is 2.14. The number of hydrogen-bond donors (Lipinski definition) is 1. The molecule has 17 heavy (non-hydrogen) atoms. The van der Waals surface area contributed by atoms with Gasteiger partial charge in [-0.15, -0.1) is 0 Å². The minimum absolute atomic E-state index is 0.297. The predicted octanol–water partition coefficient (Wildman–Crippen LogP) is 3.13. The smallest absolute Gasteiger partial charge is 0.253 e. The number of nitriles is 1. The first-order chi connectivity index (χ1) is 8.11. The van der Waals surface area contributed by atoms with Crippen molar-refractivity contribution in [3.05, 3.63) is 33.3 Å². The molecule has 1 N–H and O–H groups in total. The van der Waals surface area contributed by atoms with Gasteiger partial charge in [-0.3, -0.25) is 4.79 Å². The highest BCUT2D eigenvalue weighted by atomic mass is 79.9. The predicted molar refractivity (Wildman–Crippen MR) is 68.7 cm³/mol. The molecule has 0 saturated heterocycles. The Morgan fingerprint density at radius 3 is 2.88 bits per heavy atom. The number of carbonyl (C=O) groups excluding carboxylic acids is 1. The van der Waals surface area contributed by atoms with Gasteiger partial charge in [0, 0.05) is 4.47 Å². The third kappa shape index (κ3) is 2.99. The van der Waals surface area contributed by atoms with Crippen LogP contribution in [0.4, 0.5) is 0 Å². The van der Waals surface area contributed by atoms with Crippen LogP contribution in [-0.4, -0.2) is 11.9 Å². The van der Waals surface area contributed by atoms with Crippen LogP contribution < -0.4 is 5.32 Å². The van der Waals surface area contributed by atoms with E-state index in [1.807, 2.05) is 0 Å². The number of amides is 1. The second-order valence-corrected chi connectivity index (χ2v) is 5.36. The number of nitrogens with zero attached hydrogens (tertiary/aromatic N) is 1. The summed E-state index contributed by atoms with van der Waals surface area (Å²) in [5, 5.41) is 12.0. The summed E-state index contributed by atoms with van der Waals surface area (Å²) in [7, 11) is 0. The molecule has 0 aromatic heterocycles. The van der Waals surface area contributed by atoms with Crippen molar-refractivity contribution in [3.63, 3.8) is 0 Å². The van der Waals surface area contributed by atoms with Crippen molar-refractivity contribution in [2.45, 2.75) is 18.9 Å². The van der Waals surface area contributed by atoms with Crippen LogP contribution in [0, 0.1) is 17.2 Å². The van der Waals surface area contributed by atoms with E-state index in [1.54, 1.807) is 18.2 Å². The Kier molecular flexibility index (Phi) is 3.70. The van der Waals surface area contributed by atoms with Crippen molar-refractivity contribution in [1.29, 1.82) is 5.26 Å². The van der Waals surface area contributed by atoms with E-state index >= 15 is 0 Å². The number of nitrogens with one attached hydrogen (secondary N) is 1. The Balaban J connectivity index is 2.13. The van der Waals surface area contributed by atoms with E-state index < -0.39 is 6.04 Å². The number of benzene rings is 1. The normalized spacial score (nSPS) is 16.1. The molecule has 0 spiro atoms. The highest BCUT2D eigenvalue weighted by Crippen LogP contribution is 2.32. The number of hydrogen-bond acceptors (Lipinski definition) is 2. The molecule has 0 heterocycles. The van der Waals surface area contributed by atoms with Gasteiger partial charge in [-0.25, -0.2) is 0 Å². The third-order valence-electron chi connectivity index (χ3n) is 2.69. The van der Waals surface area contributed by atoms with Crippen molar-refractivity contribution in [2.24, 2.45) is 5.92 Å². The van der Waals surface area contributed by atoms with Crippen LogP contribution in [0.5, 0.6) is 0 Å². The highest BCUT2D eigenvalue weighted by Gasteiger charge is 2.32. The number of carbonyl (C=O) groups is 1. The quantitative estimate of drug-likeness (QED) is 0.932. The Morgan fingerprint density at radius 1 is 1.59 bits per heavy atom. The second-order valence-electron chi connectivity index (χ2n) is 4.04. The molecular formula is C12H10BrClN2O.